The number of nitrogens with zero attached hydrogens (tertiary/aromatic N) is 3. The van der Waals surface area contributed by atoms with E-state index in [1.54, 1.807) is 0 Å². The second kappa shape index (κ2) is 4.86. The number of nitriles is 1. The molecule has 0 N–H and O–H groups in total. The summed E-state index contributed by atoms with van der Waals surface area (Å²) in [7, 11) is 0. The molecule has 1 aliphatic rings. The lowest BCUT2D eigenvalue weighted by Crippen LogP contribution is -2.11. The molecule has 0 amide bonds. The number of hydrogen-bond donors (Lipinski definition) is 0. The number of benzene rings is 1. The minimum atomic E-state index is 0.386. The van der Waals surface area contributed by atoms with Gasteiger partial charge in [0, 0.05) is 6.54 Å². The molecular weight excluding hydrogens is 258 g/mol. The number of aromatic nitrogens is 2. The molecule has 1 aromatic carbocycles. The molecule has 1 heterocycles. The van der Waals surface area contributed by atoms with E-state index in [-0.39, 0.29) is 0 Å². The standard InChI is InChI=1S/C15H16ClN3/c1-10(11-5-6-11)9-19-13-4-2-3-12(8-17)15(13)18-14(19)7-16/h2-4,10-11H,5-7,9H2,1H3. The first-order valence-corrected chi connectivity index (χ1v) is 7.22. The summed E-state index contributed by atoms with van der Waals surface area (Å²) >= 11 is 6.01. The molecule has 1 atom stereocenters. The zero-order chi connectivity index (χ0) is 13.4. The number of hydrogen-bond acceptors (Lipinski definition) is 2. The fourth-order valence-electron chi connectivity index (χ4n) is 2.69. The average molecular weight is 274 g/mol. The highest BCUT2D eigenvalue weighted by Gasteiger charge is 2.29. The van der Waals surface area contributed by atoms with Crippen LogP contribution in [-0.4, -0.2) is 9.55 Å². The van der Waals surface area contributed by atoms with Gasteiger partial charge >= 0.3 is 0 Å². The summed E-state index contributed by atoms with van der Waals surface area (Å²) in [5.74, 6) is 2.74. The van der Waals surface area contributed by atoms with E-state index in [1.807, 2.05) is 18.2 Å². The van der Waals surface area contributed by atoms with E-state index in [9.17, 15) is 0 Å². The minimum Gasteiger partial charge on any atom is -0.327 e. The lowest BCUT2D eigenvalue weighted by Gasteiger charge is -2.13. The molecule has 1 saturated carbocycles. The van der Waals surface area contributed by atoms with Crippen molar-refractivity contribution in [1.29, 1.82) is 5.26 Å². The Morgan fingerprint density at radius 3 is 2.95 bits per heavy atom. The maximum Gasteiger partial charge on any atom is 0.124 e. The monoisotopic (exact) mass is 273 g/mol. The molecule has 1 fully saturated rings. The third kappa shape index (κ3) is 2.21. The largest absolute Gasteiger partial charge is 0.327 e. The molecule has 19 heavy (non-hydrogen) atoms. The molecule has 2 aromatic rings. The van der Waals surface area contributed by atoms with Gasteiger partial charge in [-0.15, -0.1) is 11.6 Å². The normalized spacial score (nSPS) is 16.5. The Kier molecular flexibility index (Phi) is 3.20. The lowest BCUT2D eigenvalue weighted by molar-refractivity contribution is 0.431. The van der Waals surface area contributed by atoms with Crippen LogP contribution in [0.15, 0.2) is 18.2 Å². The molecule has 1 aliphatic carbocycles. The number of fused-ring (bicyclic) bond motifs is 1. The molecule has 0 aliphatic heterocycles. The van der Waals surface area contributed by atoms with Gasteiger partial charge < -0.3 is 4.57 Å². The van der Waals surface area contributed by atoms with E-state index in [2.05, 4.69) is 22.5 Å². The Balaban J connectivity index is 2.08. The van der Waals surface area contributed by atoms with Gasteiger partial charge in [-0.2, -0.15) is 5.26 Å². The Hall–Kier alpha value is -1.53. The van der Waals surface area contributed by atoms with Crippen molar-refractivity contribution in [2.45, 2.75) is 32.2 Å². The predicted molar refractivity (Wildman–Crippen MR) is 75.9 cm³/mol. The summed E-state index contributed by atoms with van der Waals surface area (Å²) in [6, 6.07) is 7.95. The minimum absolute atomic E-state index is 0.386. The number of imidazole rings is 1. The van der Waals surface area contributed by atoms with E-state index in [0.29, 0.717) is 17.4 Å². The number of rotatable bonds is 4. The van der Waals surface area contributed by atoms with Crippen molar-refractivity contribution in [2.75, 3.05) is 0 Å². The maximum absolute atomic E-state index is 9.16. The summed E-state index contributed by atoms with van der Waals surface area (Å²) in [6.45, 7) is 3.23. The molecule has 98 valence electrons. The average Bonchev–Trinajstić information content (AvgIpc) is 3.22. The fourth-order valence-corrected chi connectivity index (χ4v) is 2.90. The summed E-state index contributed by atoms with van der Waals surface area (Å²) in [5.41, 5.74) is 2.44. The van der Waals surface area contributed by atoms with Gasteiger partial charge in [-0.1, -0.05) is 13.0 Å². The van der Waals surface area contributed by atoms with E-state index in [4.69, 9.17) is 16.9 Å². The van der Waals surface area contributed by atoms with Crippen molar-refractivity contribution in [1.82, 2.24) is 9.55 Å². The fraction of sp³-hybridized carbons (Fsp3) is 0.467. The van der Waals surface area contributed by atoms with E-state index in [1.165, 1.54) is 12.8 Å². The van der Waals surface area contributed by atoms with Crippen LogP contribution in [0.1, 0.15) is 31.2 Å². The van der Waals surface area contributed by atoms with Crippen LogP contribution in [0, 0.1) is 23.2 Å². The lowest BCUT2D eigenvalue weighted by atomic mass is 10.1. The quantitative estimate of drug-likeness (QED) is 0.797. The van der Waals surface area contributed by atoms with Crippen LogP contribution >= 0.6 is 11.6 Å². The van der Waals surface area contributed by atoms with Crippen molar-refractivity contribution in [3.05, 3.63) is 29.6 Å². The zero-order valence-electron chi connectivity index (χ0n) is 10.9. The van der Waals surface area contributed by atoms with Crippen molar-refractivity contribution < 1.29 is 0 Å². The van der Waals surface area contributed by atoms with Gasteiger partial charge in [0.1, 0.15) is 17.4 Å². The van der Waals surface area contributed by atoms with Crippen LogP contribution in [0.25, 0.3) is 11.0 Å². The first kappa shape index (κ1) is 12.5. The van der Waals surface area contributed by atoms with Gasteiger partial charge in [0.05, 0.1) is 17.0 Å². The van der Waals surface area contributed by atoms with Gasteiger partial charge in [0.2, 0.25) is 0 Å². The second-order valence-electron chi connectivity index (χ2n) is 5.37. The topological polar surface area (TPSA) is 41.6 Å². The molecule has 3 rings (SSSR count). The third-order valence-corrected chi connectivity index (χ3v) is 4.23. The number of para-hydroxylation sites is 1. The Morgan fingerprint density at radius 2 is 2.32 bits per heavy atom. The van der Waals surface area contributed by atoms with E-state index in [0.717, 1.165) is 29.3 Å². The second-order valence-corrected chi connectivity index (χ2v) is 5.64. The third-order valence-electron chi connectivity index (χ3n) is 4.00. The molecular formula is C15H16ClN3. The first-order valence-electron chi connectivity index (χ1n) is 6.68. The molecule has 4 heteroatoms. The smallest absolute Gasteiger partial charge is 0.124 e. The Bertz CT molecular complexity index is 649. The number of alkyl halides is 1. The summed E-state index contributed by atoms with van der Waals surface area (Å²) in [6.07, 6.45) is 2.68. The molecule has 3 nitrogen and oxygen atoms in total. The molecule has 0 radical (unpaired) electrons. The van der Waals surface area contributed by atoms with Crippen LogP contribution in [0.2, 0.25) is 0 Å². The molecule has 1 unspecified atom stereocenters. The Labute approximate surface area is 117 Å². The van der Waals surface area contributed by atoms with Gasteiger partial charge in [-0.05, 0) is 36.8 Å². The molecule has 0 saturated heterocycles. The maximum atomic E-state index is 9.16. The Morgan fingerprint density at radius 1 is 1.53 bits per heavy atom. The van der Waals surface area contributed by atoms with Crippen molar-refractivity contribution in [3.8, 4) is 6.07 Å². The van der Waals surface area contributed by atoms with Gasteiger partial charge in [0.25, 0.3) is 0 Å². The SMILES string of the molecule is CC(Cn1c(CCl)nc2c(C#N)cccc21)C1CC1. The highest BCUT2D eigenvalue weighted by molar-refractivity contribution is 6.16. The van der Waals surface area contributed by atoms with Crippen molar-refractivity contribution >= 4 is 22.6 Å². The summed E-state index contributed by atoms with van der Waals surface area (Å²) < 4.78 is 2.19. The zero-order valence-corrected chi connectivity index (χ0v) is 11.7. The highest BCUT2D eigenvalue weighted by atomic mass is 35.5. The van der Waals surface area contributed by atoms with Crippen molar-refractivity contribution in [2.24, 2.45) is 11.8 Å². The van der Waals surface area contributed by atoms with Crippen LogP contribution in [0.4, 0.5) is 0 Å². The van der Waals surface area contributed by atoms with Crippen LogP contribution in [0.5, 0.6) is 0 Å². The van der Waals surface area contributed by atoms with Crippen molar-refractivity contribution in [3.63, 3.8) is 0 Å². The van der Waals surface area contributed by atoms with Gasteiger partial charge in [-0.25, -0.2) is 4.98 Å². The van der Waals surface area contributed by atoms with Gasteiger partial charge in [-0.3, -0.25) is 0 Å². The first-order chi connectivity index (χ1) is 9.24. The molecule has 0 bridgehead atoms. The summed E-state index contributed by atoms with van der Waals surface area (Å²) in [5, 5.41) is 9.16. The molecule has 0 spiro atoms. The summed E-state index contributed by atoms with van der Waals surface area (Å²) in [4.78, 5) is 4.54. The molecule has 1 aromatic heterocycles. The number of halogens is 1. The van der Waals surface area contributed by atoms with Crippen LogP contribution in [-0.2, 0) is 12.4 Å². The van der Waals surface area contributed by atoms with Crippen LogP contribution in [0.3, 0.4) is 0 Å². The van der Waals surface area contributed by atoms with Crippen LogP contribution < -0.4 is 0 Å². The van der Waals surface area contributed by atoms with E-state index >= 15 is 0 Å². The highest BCUT2D eigenvalue weighted by Crippen LogP contribution is 2.38. The predicted octanol–water partition coefficient (Wildman–Crippen LogP) is 3.69. The van der Waals surface area contributed by atoms with Gasteiger partial charge in [0.15, 0.2) is 0 Å². The van der Waals surface area contributed by atoms with E-state index < -0.39 is 0 Å².